The summed E-state index contributed by atoms with van der Waals surface area (Å²) in [4.78, 5) is 24.3. The van der Waals surface area contributed by atoms with Crippen LogP contribution < -0.4 is 10.1 Å². The lowest BCUT2D eigenvalue weighted by atomic mass is 10.1. The molecule has 2 heterocycles. The molecule has 0 radical (unpaired) electrons. The third-order valence-corrected chi connectivity index (χ3v) is 3.00. The van der Waals surface area contributed by atoms with E-state index in [1.165, 1.54) is 18.6 Å². The van der Waals surface area contributed by atoms with Crippen molar-refractivity contribution >= 4 is 22.5 Å². The molecule has 0 saturated carbocycles. The van der Waals surface area contributed by atoms with Crippen LogP contribution in [0, 0.1) is 0 Å². The third kappa shape index (κ3) is 2.51. The number of nitrogens with one attached hydrogen (secondary N) is 1. The number of hydrogen-bond acceptors (Lipinski definition) is 5. The van der Waals surface area contributed by atoms with E-state index < -0.39 is 0 Å². The number of hydrogen-bond donors (Lipinski definition) is 1. The van der Waals surface area contributed by atoms with Crippen molar-refractivity contribution in [3.63, 3.8) is 0 Å². The van der Waals surface area contributed by atoms with Crippen molar-refractivity contribution in [1.82, 2.24) is 15.0 Å². The van der Waals surface area contributed by atoms with Crippen LogP contribution in [0.25, 0.3) is 10.9 Å². The molecular weight excluding hydrogens is 268 g/mol. The number of methoxy groups -OCH3 is 1. The maximum atomic E-state index is 12.1. The quantitative estimate of drug-likeness (QED) is 0.796. The normalized spacial score (nSPS) is 10.3. The zero-order chi connectivity index (χ0) is 14.7. The van der Waals surface area contributed by atoms with Crippen molar-refractivity contribution in [1.29, 1.82) is 0 Å². The lowest BCUT2D eigenvalue weighted by Gasteiger charge is -2.10. The van der Waals surface area contributed by atoms with Gasteiger partial charge in [-0.25, -0.2) is 4.98 Å². The molecule has 3 rings (SSSR count). The van der Waals surface area contributed by atoms with E-state index in [4.69, 9.17) is 4.74 Å². The molecule has 0 aliphatic heterocycles. The minimum Gasteiger partial charge on any atom is -0.494 e. The Bertz CT molecular complexity index is 790. The monoisotopic (exact) mass is 280 g/mol. The fourth-order valence-electron chi connectivity index (χ4n) is 2.02. The number of benzene rings is 1. The van der Waals surface area contributed by atoms with Gasteiger partial charge < -0.3 is 10.1 Å². The summed E-state index contributed by atoms with van der Waals surface area (Å²) in [7, 11) is 1.58. The minimum absolute atomic E-state index is 0.255. The van der Waals surface area contributed by atoms with Gasteiger partial charge in [0.2, 0.25) is 0 Å². The second-order valence-corrected chi connectivity index (χ2v) is 4.26. The number of carbonyl (C=O) groups excluding carboxylic acids is 1. The molecule has 0 unspecified atom stereocenters. The first kappa shape index (κ1) is 13.0. The molecule has 0 aliphatic rings. The Morgan fingerprint density at radius 3 is 2.81 bits per heavy atom. The molecule has 6 heteroatoms. The van der Waals surface area contributed by atoms with Crippen molar-refractivity contribution in [3.05, 3.63) is 54.7 Å². The maximum Gasteiger partial charge on any atom is 0.275 e. The number of amides is 1. The number of pyridine rings is 1. The van der Waals surface area contributed by atoms with Crippen LogP contribution in [0.1, 0.15) is 10.5 Å². The molecule has 0 bridgehead atoms. The predicted molar refractivity (Wildman–Crippen MR) is 78.3 cm³/mol. The van der Waals surface area contributed by atoms with Gasteiger partial charge >= 0.3 is 0 Å². The Labute approximate surface area is 120 Å². The summed E-state index contributed by atoms with van der Waals surface area (Å²) in [6.45, 7) is 0. The van der Waals surface area contributed by atoms with E-state index in [-0.39, 0.29) is 11.6 Å². The van der Waals surface area contributed by atoms with Gasteiger partial charge in [0.25, 0.3) is 5.91 Å². The predicted octanol–water partition coefficient (Wildman–Crippen LogP) is 2.29. The van der Waals surface area contributed by atoms with E-state index in [2.05, 4.69) is 20.3 Å². The van der Waals surface area contributed by atoms with Crippen molar-refractivity contribution in [3.8, 4) is 5.75 Å². The van der Waals surface area contributed by atoms with Gasteiger partial charge in [-0.3, -0.25) is 14.8 Å². The van der Waals surface area contributed by atoms with Crippen LogP contribution in [-0.2, 0) is 0 Å². The SMILES string of the molecule is COc1ccc(NC(=O)c2cnccn2)c2cccnc12. The first-order valence-electron chi connectivity index (χ1n) is 6.28. The molecule has 0 aliphatic carbocycles. The van der Waals surface area contributed by atoms with E-state index in [1.54, 1.807) is 31.5 Å². The Morgan fingerprint density at radius 2 is 2.05 bits per heavy atom. The number of ether oxygens (including phenoxy) is 1. The standard InChI is InChI=1S/C15H12N4O2/c1-21-13-5-4-11(10-3-2-6-18-14(10)13)19-15(20)12-9-16-7-8-17-12/h2-9H,1H3,(H,19,20). The van der Waals surface area contributed by atoms with Gasteiger partial charge in [0.1, 0.15) is 17.0 Å². The highest BCUT2D eigenvalue weighted by Gasteiger charge is 2.12. The van der Waals surface area contributed by atoms with Crippen LogP contribution in [-0.4, -0.2) is 28.0 Å². The smallest absolute Gasteiger partial charge is 0.275 e. The van der Waals surface area contributed by atoms with Crippen LogP contribution in [0.5, 0.6) is 5.75 Å². The van der Waals surface area contributed by atoms with Crippen molar-refractivity contribution < 1.29 is 9.53 Å². The summed E-state index contributed by atoms with van der Waals surface area (Å²) in [5.74, 6) is 0.335. The molecule has 21 heavy (non-hydrogen) atoms. The van der Waals surface area contributed by atoms with E-state index >= 15 is 0 Å². The number of anilines is 1. The molecule has 1 N–H and O–H groups in total. The lowest BCUT2D eigenvalue weighted by molar-refractivity contribution is 0.102. The highest BCUT2D eigenvalue weighted by atomic mass is 16.5. The molecule has 3 aromatic rings. The number of nitrogens with zero attached hydrogens (tertiary/aromatic N) is 3. The average molecular weight is 280 g/mol. The molecule has 1 aromatic carbocycles. The van der Waals surface area contributed by atoms with Crippen molar-refractivity contribution in [2.45, 2.75) is 0 Å². The number of rotatable bonds is 3. The topological polar surface area (TPSA) is 77.0 Å². The lowest BCUT2D eigenvalue weighted by Crippen LogP contribution is -2.14. The molecule has 2 aromatic heterocycles. The molecule has 104 valence electrons. The highest BCUT2D eigenvalue weighted by molar-refractivity contribution is 6.08. The molecule has 0 spiro atoms. The average Bonchev–Trinajstić information content (AvgIpc) is 2.56. The Morgan fingerprint density at radius 1 is 1.14 bits per heavy atom. The Balaban J connectivity index is 2.00. The van der Waals surface area contributed by atoms with E-state index in [0.29, 0.717) is 17.0 Å². The van der Waals surface area contributed by atoms with Gasteiger partial charge in [-0.15, -0.1) is 0 Å². The molecule has 0 atom stereocenters. The summed E-state index contributed by atoms with van der Waals surface area (Å²) < 4.78 is 5.27. The summed E-state index contributed by atoms with van der Waals surface area (Å²) in [5.41, 5.74) is 1.59. The van der Waals surface area contributed by atoms with E-state index in [0.717, 1.165) is 5.39 Å². The highest BCUT2D eigenvalue weighted by Crippen LogP contribution is 2.29. The van der Waals surface area contributed by atoms with Gasteiger partial charge in [0, 0.05) is 24.0 Å². The second-order valence-electron chi connectivity index (χ2n) is 4.26. The Hall–Kier alpha value is -3.02. The largest absolute Gasteiger partial charge is 0.494 e. The van der Waals surface area contributed by atoms with Crippen molar-refractivity contribution in [2.75, 3.05) is 12.4 Å². The number of fused-ring (bicyclic) bond motifs is 1. The number of aromatic nitrogens is 3. The van der Waals surface area contributed by atoms with Crippen LogP contribution in [0.2, 0.25) is 0 Å². The van der Waals surface area contributed by atoms with Crippen LogP contribution in [0.3, 0.4) is 0 Å². The van der Waals surface area contributed by atoms with Gasteiger partial charge in [0.15, 0.2) is 0 Å². The van der Waals surface area contributed by atoms with E-state index in [1.807, 2.05) is 6.07 Å². The van der Waals surface area contributed by atoms with Crippen LogP contribution in [0.15, 0.2) is 49.1 Å². The molecule has 0 saturated heterocycles. The zero-order valence-electron chi connectivity index (χ0n) is 11.3. The third-order valence-electron chi connectivity index (χ3n) is 3.00. The van der Waals surface area contributed by atoms with Gasteiger partial charge in [-0.1, -0.05) is 0 Å². The number of carbonyl (C=O) groups is 1. The fourth-order valence-corrected chi connectivity index (χ4v) is 2.02. The summed E-state index contributed by atoms with van der Waals surface area (Å²) in [5, 5.41) is 3.62. The van der Waals surface area contributed by atoms with E-state index in [9.17, 15) is 4.79 Å². The van der Waals surface area contributed by atoms with Crippen LogP contribution >= 0.6 is 0 Å². The maximum absolute atomic E-state index is 12.1. The summed E-state index contributed by atoms with van der Waals surface area (Å²) >= 11 is 0. The molecular formula is C15H12N4O2. The first-order valence-corrected chi connectivity index (χ1v) is 6.28. The molecule has 6 nitrogen and oxygen atoms in total. The van der Waals surface area contributed by atoms with Gasteiger partial charge in [-0.05, 0) is 24.3 Å². The Kier molecular flexibility index (Phi) is 3.42. The van der Waals surface area contributed by atoms with Crippen LogP contribution in [0.4, 0.5) is 5.69 Å². The first-order chi connectivity index (χ1) is 10.3. The molecule has 0 fully saturated rings. The second kappa shape index (κ2) is 5.54. The summed E-state index contributed by atoms with van der Waals surface area (Å²) in [6, 6.07) is 7.22. The van der Waals surface area contributed by atoms with Gasteiger partial charge in [0.05, 0.1) is 19.0 Å². The fraction of sp³-hybridized carbons (Fsp3) is 0.0667. The minimum atomic E-state index is -0.321. The van der Waals surface area contributed by atoms with Crippen molar-refractivity contribution in [2.24, 2.45) is 0 Å². The van der Waals surface area contributed by atoms with Gasteiger partial charge in [-0.2, -0.15) is 0 Å². The zero-order valence-corrected chi connectivity index (χ0v) is 11.3. The molecule has 1 amide bonds. The summed E-state index contributed by atoms with van der Waals surface area (Å²) in [6.07, 6.45) is 6.09.